The lowest BCUT2D eigenvalue weighted by Crippen LogP contribution is -2.61. The maximum atomic E-state index is 5.78. The molecule has 1 heterocycles. The normalized spacial score (nSPS) is 27.8. The molecule has 1 fully saturated rings. The minimum absolute atomic E-state index is 0.245. The standard InChI is InChI=1S/C15H25NOS/c1-6-17-13-9-12(15(13,4)5)16-11(3)14-10(2)7-8-18-14/h7-8,11-13,16H,6,9H2,1-5H3. The molecule has 1 aromatic heterocycles. The van der Waals surface area contributed by atoms with Gasteiger partial charge in [-0.3, -0.25) is 0 Å². The predicted molar refractivity (Wildman–Crippen MR) is 78.2 cm³/mol. The van der Waals surface area contributed by atoms with Crippen LogP contribution in [-0.4, -0.2) is 18.8 Å². The molecule has 1 saturated carbocycles. The Kier molecular flexibility index (Phi) is 4.15. The van der Waals surface area contributed by atoms with Crippen LogP contribution in [0.15, 0.2) is 11.4 Å². The zero-order valence-electron chi connectivity index (χ0n) is 12.1. The van der Waals surface area contributed by atoms with Gasteiger partial charge < -0.3 is 10.1 Å². The van der Waals surface area contributed by atoms with Crippen molar-refractivity contribution in [3.05, 3.63) is 21.9 Å². The second-order valence-electron chi connectivity index (χ2n) is 5.91. The van der Waals surface area contributed by atoms with Crippen LogP contribution in [0.2, 0.25) is 0 Å². The molecule has 1 aliphatic rings. The first-order valence-corrected chi connectivity index (χ1v) is 7.76. The molecule has 2 nitrogen and oxygen atoms in total. The Labute approximate surface area is 115 Å². The van der Waals surface area contributed by atoms with Gasteiger partial charge in [0.05, 0.1) is 6.10 Å². The largest absolute Gasteiger partial charge is 0.378 e. The summed E-state index contributed by atoms with van der Waals surface area (Å²) in [6, 6.07) is 3.20. The molecule has 2 rings (SSSR count). The monoisotopic (exact) mass is 267 g/mol. The molecule has 1 aliphatic carbocycles. The zero-order valence-corrected chi connectivity index (χ0v) is 12.9. The third-order valence-electron chi connectivity index (χ3n) is 4.29. The molecular weight excluding hydrogens is 242 g/mol. The van der Waals surface area contributed by atoms with E-state index in [0.29, 0.717) is 18.2 Å². The maximum absolute atomic E-state index is 5.78. The summed E-state index contributed by atoms with van der Waals surface area (Å²) in [6.45, 7) is 12.0. The highest BCUT2D eigenvalue weighted by Gasteiger charge is 2.49. The van der Waals surface area contributed by atoms with E-state index in [4.69, 9.17) is 4.74 Å². The highest BCUT2D eigenvalue weighted by atomic mass is 32.1. The van der Waals surface area contributed by atoms with Crippen molar-refractivity contribution >= 4 is 11.3 Å². The van der Waals surface area contributed by atoms with Crippen LogP contribution in [-0.2, 0) is 4.74 Å². The number of rotatable bonds is 5. The maximum Gasteiger partial charge on any atom is 0.0655 e. The van der Waals surface area contributed by atoms with Gasteiger partial charge in [-0.25, -0.2) is 0 Å². The van der Waals surface area contributed by atoms with Crippen LogP contribution >= 0.6 is 11.3 Å². The summed E-state index contributed by atoms with van der Waals surface area (Å²) >= 11 is 1.85. The van der Waals surface area contributed by atoms with Crippen molar-refractivity contribution in [1.29, 1.82) is 0 Å². The minimum Gasteiger partial charge on any atom is -0.378 e. The Balaban J connectivity index is 1.94. The molecule has 3 unspecified atom stereocenters. The topological polar surface area (TPSA) is 21.3 Å². The van der Waals surface area contributed by atoms with Gasteiger partial charge in [0.1, 0.15) is 0 Å². The molecular formula is C15H25NOS. The third kappa shape index (κ3) is 2.49. The molecule has 0 amide bonds. The molecule has 18 heavy (non-hydrogen) atoms. The average Bonchev–Trinajstić information content (AvgIpc) is 2.74. The van der Waals surface area contributed by atoms with E-state index in [0.717, 1.165) is 13.0 Å². The Morgan fingerprint density at radius 3 is 2.78 bits per heavy atom. The van der Waals surface area contributed by atoms with Crippen molar-refractivity contribution in [2.24, 2.45) is 5.41 Å². The summed E-state index contributed by atoms with van der Waals surface area (Å²) < 4.78 is 5.78. The van der Waals surface area contributed by atoms with Crippen molar-refractivity contribution < 1.29 is 4.74 Å². The molecule has 0 saturated heterocycles. The molecule has 0 aliphatic heterocycles. The van der Waals surface area contributed by atoms with Gasteiger partial charge in [0.25, 0.3) is 0 Å². The Morgan fingerprint density at radius 2 is 2.28 bits per heavy atom. The number of nitrogens with one attached hydrogen (secondary N) is 1. The Bertz CT molecular complexity index is 399. The SMILES string of the molecule is CCOC1CC(NC(C)c2sccc2C)C1(C)C. The summed E-state index contributed by atoms with van der Waals surface area (Å²) in [5.41, 5.74) is 1.65. The molecule has 0 radical (unpaired) electrons. The fourth-order valence-electron chi connectivity index (χ4n) is 2.86. The van der Waals surface area contributed by atoms with Crippen molar-refractivity contribution in [3.63, 3.8) is 0 Å². The van der Waals surface area contributed by atoms with E-state index >= 15 is 0 Å². The summed E-state index contributed by atoms with van der Waals surface area (Å²) in [5.74, 6) is 0. The molecule has 1 N–H and O–H groups in total. The first kappa shape index (κ1) is 14.0. The van der Waals surface area contributed by atoms with Crippen LogP contribution in [0, 0.1) is 12.3 Å². The van der Waals surface area contributed by atoms with E-state index in [9.17, 15) is 0 Å². The van der Waals surface area contributed by atoms with E-state index in [-0.39, 0.29) is 5.41 Å². The predicted octanol–water partition coefficient (Wildman–Crippen LogP) is 3.91. The zero-order chi connectivity index (χ0) is 13.3. The lowest BCUT2D eigenvalue weighted by atomic mass is 9.64. The van der Waals surface area contributed by atoms with E-state index in [1.165, 1.54) is 10.4 Å². The average molecular weight is 267 g/mol. The number of aryl methyl sites for hydroxylation is 1. The second-order valence-corrected chi connectivity index (χ2v) is 6.86. The second kappa shape index (κ2) is 5.32. The van der Waals surface area contributed by atoms with Gasteiger partial charge in [0.2, 0.25) is 0 Å². The van der Waals surface area contributed by atoms with E-state index < -0.39 is 0 Å². The molecule has 3 atom stereocenters. The minimum atomic E-state index is 0.245. The molecule has 0 spiro atoms. The van der Waals surface area contributed by atoms with Crippen molar-refractivity contribution in [3.8, 4) is 0 Å². The summed E-state index contributed by atoms with van der Waals surface area (Å²) in [5, 5.41) is 5.95. The van der Waals surface area contributed by atoms with Gasteiger partial charge >= 0.3 is 0 Å². The molecule has 3 heteroatoms. The lowest BCUT2D eigenvalue weighted by Gasteiger charge is -2.52. The van der Waals surface area contributed by atoms with Gasteiger partial charge in [-0.2, -0.15) is 0 Å². The van der Waals surface area contributed by atoms with Gasteiger partial charge in [0, 0.05) is 29.0 Å². The van der Waals surface area contributed by atoms with Gasteiger partial charge in [-0.1, -0.05) is 13.8 Å². The smallest absolute Gasteiger partial charge is 0.0655 e. The Morgan fingerprint density at radius 1 is 1.56 bits per heavy atom. The third-order valence-corrected chi connectivity index (χ3v) is 5.49. The molecule has 1 aromatic rings. The molecule has 0 bridgehead atoms. The lowest BCUT2D eigenvalue weighted by molar-refractivity contribution is -0.116. The van der Waals surface area contributed by atoms with Crippen LogP contribution in [0.25, 0.3) is 0 Å². The summed E-state index contributed by atoms with van der Waals surface area (Å²) in [6.07, 6.45) is 1.55. The van der Waals surface area contributed by atoms with Gasteiger partial charge in [0.15, 0.2) is 0 Å². The summed E-state index contributed by atoms with van der Waals surface area (Å²) in [7, 11) is 0. The van der Waals surface area contributed by atoms with Crippen LogP contribution < -0.4 is 5.32 Å². The highest BCUT2D eigenvalue weighted by Crippen LogP contribution is 2.44. The van der Waals surface area contributed by atoms with Crippen molar-refractivity contribution in [2.45, 2.75) is 59.2 Å². The fraction of sp³-hybridized carbons (Fsp3) is 0.733. The quantitative estimate of drug-likeness (QED) is 0.873. The number of ether oxygens (including phenoxy) is 1. The highest BCUT2D eigenvalue weighted by molar-refractivity contribution is 7.10. The van der Waals surface area contributed by atoms with Gasteiger partial charge in [-0.15, -0.1) is 11.3 Å². The number of thiophene rings is 1. The van der Waals surface area contributed by atoms with E-state index in [2.05, 4.69) is 51.4 Å². The first-order chi connectivity index (χ1) is 8.46. The molecule has 102 valence electrons. The van der Waals surface area contributed by atoms with Crippen molar-refractivity contribution in [1.82, 2.24) is 5.32 Å². The van der Waals surface area contributed by atoms with Crippen molar-refractivity contribution in [2.75, 3.05) is 6.61 Å². The van der Waals surface area contributed by atoms with Crippen LogP contribution in [0.5, 0.6) is 0 Å². The molecule has 0 aromatic carbocycles. The van der Waals surface area contributed by atoms with E-state index in [1.807, 2.05) is 11.3 Å². The number of hydrogen-bond donors (Lipinski definition) is 1. The van der Waals surface area contributed by atoms with Gasteiger partial charge in [-0.05, 0) is 44.2 Å². The number of hydrogen-bond acceptors (Lipinski definition) is 3. The van der Waals surface area contributed by atoms with Crippen LogP contribution in [0.4, 0.5) is 0 Å². The van der Waals surface area contributed by atoms with Crippen LogP contribution in [0.1, 0.15) is 50.6 Å². The van der Waals surface area contributed by atoms with Crippen LogP contribution in [0.3, 0.4) is 0 Å². The Hall–Kier alpha value is -0.380. The summed E-state index contributed by atoms with van der Waals surface area (Å²) in [4.78, 5) is 1.46. The fourth-order valence-corrected chi connectivity index (χ4v) is 3.80. The first-order valence-electron chi connectivity index (χ1n) is 6.88. The van der Waals surface area contributed by atoms with E-state index in [1.54, 1.807) is 0 Å².